The van der Waals surface area contributed by atoms with Gasteiger partial charge in [-0.1, -0.05) is 25.1 Å². The van der Waals surface area contributed by atoms with Gasteiger partial charge in [0.25, 0.3) is 0 Å². The zero-order valence-corrected chi connectivity index (χ0v) is 23.3. The largest absolute Gasteiger partial charge is 0.516 e. The van der Waals surface area contributed by atoms with Crippen LogP contribution in [0.2, 0.25) is 0 Å². The zero-order valence-electron chi connectivity index (χ0n) is 20.9. The van der Waals surface area contributed by atoms with Crippen molar-refractivity contribution in [2.24, 2.45) is 0 Å². The number of aromatic nitrogens is 3. The molecule has 2 aromatic heterocycles. The molecule has 1 N–H and O–H groups in total. The first kappa shape index (κ1) is 27.6. The molecule has 0 unspecified atom stereocenters. The maximum Gasteiger partial charge on any atom is 0.516 e. The van der Waals surface area contributed by atoms with Gasteiger partial charge in [-0.15, -0.1) is 0 Å². The van der Waals surface area contributed by atoms with Gasteiger partial charge in [0.2, 0.25) is 0 Å². The predicted molar refractivity (Wildman–Crippen MR) is 144 cm³/mol. The Balaban J connectivity index is 1.74. The third-order valence-corrected chi connectivity index (χ3v) is 8.24. The summed E-state index contributed by atoms with van der Waals surface area (Å²) in [5, 5.41) is 0. The fraction of sp³-hybridized carbons (Fsp3) is 0.192. The van der Waals surface area contributed by atoms with E-state index >= 15 is 0 Å². The molecule has 2 aliphatic rings. The van der Waals surface area contributed by atoms with E-state index < -0.39 is 21.5 Å². The van der Waals surface area contributed by atoms with Crippen LogP contribution >= 0.6 is 15.9 Å². The third-order valence-electron chi connectivity index (χ3n) is 6.32. The lowest BCUT2D eigenvalue weighted by atomic mass is 10.0. The molecule has 208 valence electrons. The van der Waals surface area contributed by atoms with E-state index in [1.807, 2.05) is 6.92 Å². The summed E-state index contributed by atoms with van der Waals surface area (Å²) in [6.45, 7) is 2.04. The van der Waals surface area contributed by atoms with Gasteiger partial charge >= 0.3 is 21.5 Å². The van der Waals surface area contributed by atoms with Crippen molar-refractivity contribution in [3.8, 4) is 22.3 Å². The third kappa shape index (κ3) is 4.70. The number of anilines is 1. The molecule has 1 aromatic carbocycles. The number of rotatable bonds is 7. The highest BCUT2D eigenvalue weighted by molar-refractivity contribution is 9.10. The first-order chi connectivity index (χ1) is 19.0. The van der Waals surface area contributed by atoms with E-state index in [0.717, 1.165) is 0 Å². The molecule has 0 spiro atoms. The van der Waals surface area contributed by atoms with Crippen LogP contribution in [0.25, 0.3) is 33.4 Å². The number of carbonyl (C=O) groups excluding carboxylic acids is 1. The number of nitrogens with zero attached hydrogens (tertiary/aromatic N) is 3. The molecule has 3 aromatic rings. The summed E-state index contributed by atoms with van der Waals surface area (Å²) >= 11 is 3.56. The van der Waals surface area contributed by atoms with Crippen molar-refractivity contribution in [2.45, 2.75) is 25.4 Å². The van der Waals surface area contributed by atoms with Crippen LogP contribution in [0.4, 0.5) is 18.9 Å². The number of sulfonamides is 1. The molecule has 3 heterocycles. The monoisotopic (exact) mass is 636 g/mol. The molecule has 1 aliphatic carbocycles. The molecule has 1 aliphatic heterocycles. The first-order valence-corrected chi connectivity index (χ1v) is 14.0. The topological polar surface area (TPSA) is 116 Å². The van der Waals surface area contributed by atoms with Gasteiger partial charge in [-0.05, 0) is 51.3 Å². The smallest absolute Gasteiger partial charge is 0.472 e. The molecule has 40 heavy (non-hydrogen) atoms. The standard InChI is InChI=1S/C26H20BrF3N4O5S/c1-3-21-31-19-8-9-20(25(35)38-2)32-24(19)34(21)12-16-14-10-11-39-13-17(14)23(27)22(16)15-6-4-5-7-18(15)33-40(36,37)26(28,29)30/h4-11,13,33H,3,12H2,1-2H3. The number of pyridine rings is 1. The Labute approximate surface area is 234 Å². The SMILES string of the molecule is CCc1nc2ccc(C(=O)OC)nc2n1Cc1c2ccocc-2c(Br)c1-c1ccccc1NS(=O)(=O)C(F)(F)F. The van der Waals surface area contributed by atoms with Crippen molar-refractivity contribution in [3.63, 3.8) is 0 Å². The van der Waals surface area contributed by atoms with Gasteiger partial charge in [-0.3, -0.25) is 4.72 Å². The number of hydrogen-bond donors (Lipinski definition) is 1. The minimum atomic E-state index is -5.69. The molecule has 0 radical (unpaired) electrons. The highest BCUT2D eigenvalue weighted by Gasteiger charge is 2.46. The molecule has 0 amide bonds. The maximum atomic E-state index is 13.3. The Morgan fingerprint density at radius 1 is 1.10 bits per heavy atom. The predicted octanol–water partition coefficient (Wildman–Crippen LogP) is 6.22. The van der Waals surface area contributed by atoms with Gasteiger partial charge in [0, 0.05) is 27.6 Å². The Morgan fingerprint density at radius 3 is 2.55 bits per heavy atom. The van der Waals surface area contributed by atoms with Crippen LogP contribution in [0.1, 0.15) is 28.8 Å². The van der Waals surface area contributed by atoms with Crippen molar-refractivity contribution in [3.05, 3.63) is 76.5 Å². The Hall–Kier alpha value is -3.91. The number of esters is 1. The van der Waals surface area contributed by atoms with Crippen LogP contribution in [0, 0.1) is 0 Å². The molecule has 5 rings (SSSR count). The molecule has 0 saturated heterocycles. The van der Waals surface area contributed by atoms with E-state index in [2.05, 4.69) is 25.9 Å². The van der Waals surface area contributed by atoms with Crippen LogP contribution < -0.4 is 4.72 Å². The number of fused-ring (bicyclic) bond motifs is 2. The first-order valence-electron chi connectivity index (χ1n) is 11.8. The minimum Gasteiger partial charge on any atom is -0.472 e. The second-order valence-corrected chi connectivity index (χ2v) is 11.1. The second-order valence-electron chi connectivity index (χ2n) is 8.65. The van der Waals surface area contributed by atoms with Crippen LogP contribution in [-0.2, 0) is 27.7 Å². The fourth-order valence-corrected chi connectivity index (χ4v) is 5.84. The van der Waals surface area contributed by atoms with Crippen LogP contribution in [0.5, 0.6) is 0 Å². The average molecular weight is 637 g/mol. The summed E-state index contributed by atoms with van der Waals surface area (Å²) < 4.78 is 78.0. The number of halogens is 4. The molecular formula is C26H20BrF3N4O5S. The van der Waals surface area contributed by atoms with Crippen molar-refractivity contribution in [1.29, 1.82) is 0 Å². The van der Waals surface area contributed by atoms with Gasteiger partial charge in [0.05, 0.1) is 31.9 Å². The van der Waals surface area contributed by atoms with Crippen molar-refractivity contribution < 1.29 is 35.5 Å². The average Bonchev–Trinajstić information content (AvgIpc) is 3.42. The number of nitrogens with one attached hydrogen (secondary N) is 1. The number of para-hydroxylation sites is 1. The Bertz CT molecular complexity index is 1830. The number of imidazole rings is 1. The lowest BCUT2D eigenvalue weighted by molar-refractivity contribution is -0.0429. The summed E-state index contributed by atoms with van der Waals surface area (Å²) in [5.74, 6) is 0.0231. The zero-order chi connectivity index (χ0) is 28.8. The highest BCUT2D eigenvalue weighted by Crippen LogP contribution is 2.48. The molecule has 9 nitrogen and oxygen atoms in total. The summed E-state index contributed by atoms with van der Waals surface area (Å²) in [4.78, 5) is 21.3. The summed E-state index contributed by atoms with van der Waals surface area (Å²) in [7, 11) is -4.45. The number of methoxy groups -OCH3 is 1. The molecule has 0 saturated carbocycles. The van der Waals surface area contributed by atoms with E-state index in [1.165, 1.54) is 43.9 Å². The van der Waals surface area contributed by atoms with E-state index in [9.17, 15) is 26.4 Å². The maximum absolute atomic E-state index is 13.3. The highest BCUT2D eigenvalue weighted by atomic mass is 79.9. The van der Waals surface area contributed by atoms with Crippen LogP contribution in [0.3, 0.4) is 0 Å². The molecule has 14 heteroatoms. The Morgan fingerprint density at radius 2 is 1.85 bits per heavy atom. The lowest BCUT2D eigenvalue weighted by Gasteiger charge is -2.16. The van der Waals surface area contributed by atoms with Crippen LogP contribution in [0.15, 0.2) is 63.9 Å². The summed E-state index contributed by atoms with van der Waals surface area (Å²) in [5.41, 5.74) is -2.13. The molecular weight excluding hydrogens is 617 g/mol. The van der Waals surface area contributed by atoms with Gasteiger partial charge in [0.1, 0.15) is 11.3 Å². The number of aryl methyl sites for hydroxylation is 1. The number of benzene rings is 1. The number of hydrogen-bond acceptors (Lipinski definition) is 7. The van der Waals surface area contributed by atoms with Gasteiger partial charge in [0.15, 0.2) is 11.3 Å². The van der Waals surface area contributed by atoms with Gasteiger partial charge in [-0.2, -0.15) is 21.6 Å². The van der Waals surface area contributed by atoms with Crippen molar-refractivity contribution in [1.82, 2.24) is 14.5 Å². The normalized spacial score (nSPS) is 12.2. The van der Waals surface area contributed by atoms with E-state index in [4.69, 9.17) is 9.15 Å². The summed E-state index contributed by atoms with van der Waals surface area (Å²) in [6.07, 6.45) is 3.45. The van der Waals surface area contributed by atoms with Crippen molar-refractivity contribution >= 4 is 48.8 Å². The Kier molecular flexibility index (Phi) is 7.08. The lowest BCUT2D eigenvalue weighted by Crippen LogP contribution is -2.30. The van der Waals surface area contributed by atoms with Gasteiger partial charge < -0.3 is 13.7 Å². The van der Waals surface area contributed by atoms with E-state index in [1.54, 1.807) is 27.5 Å². The van der Waals surface area contributed by atoms with E-state index in [0.29, 0.717) is 50.1 Å². The van der Waals surface area contributed by atoms with Crippen LogP contribution in [-0.4, -0.2) is 41.5 Å². The number of carbonyl (C=O) groups is 1. The minimum absolute atomic E-state index is 0.0817. The summed E-state index contributed by atoms with van der Waals surface area (Å²) in [6, 6.07) is 10.7. The fourth-order valence-electron chi connectivity index (χ4n) is 4.50. The number of alkyl halides is 3. The molecule has 0 fully saturated rings. The van der Waals surface area contributed by atoms with Crippen molar-refractivity contribution in [2.75, 3.05) is 11.8 Å². The quantitative estimate of drug-likeness (QED) is 0.211. The van der Waals surface area contributed by atoms with E-state index in [-0.39, 0.29) is 23.5 Å². The van der Waals surface area contributed by atoms with Gasteiger partial charge in [-0.25, -0.2) is 14.8 Å². The second kappa shape index (κ2) is 10.2. The number of ether oxygens (including phenoxy) is 1. The molecule has 0 bridgehead atoms. The molecule has 0 atom stereocenters.